The molecule has 1 heterocycles. The zero-order valence-electron chi connectivity index (χ0n) is 12.9. The normalized spacial score (nSPS) is 18.5. The number of allylic oxidation sites excluding steroid dienone is 1. The highest BCUT2D eigenvalue weighted by atomic mass is 16.7. The van der Waals surface area contributed by atoms with E-state index in [1.54, 1.807) is 20.8 Å². The molecule has 0 unspecified atom stereocenters. The lowest BCUT2D eigenvalue weighted by Crippen LogP contribution is -2.36. The molecular formula is C18H20O3. The van der Waals surface area contributed by atoms with E-state index < -0.39 is 5.79 Å². The van der Waals surface area contributed by atoms with Crippen LogP contribution in [0, 0.1) is 19.3 Å². The highest BCUT2D eigenvalue weighted by Gasteiger charge is 2.34. The van der Waals surface area contributed by atoms with Gasteiger partial charge in [0.05, 0.1) is 11.5 Å². The third kappa shape index (κ3) is 3.46. The Bertz CT molecular complexity index is 615. The first-order valence-electron chi connectivity index (χ1n) is 6.97. The van der Waals surface area contributed by atoms with Gasteiger partial charge < -0.3 is 9.47 Å². The molecule has 1 aliphatic heterocycles. The number of ether oxygens (including phenoxy) is 2. The molecule has 0 saturated carbocycles. The molecule has 1 aromatic rings. The summed E-state index contributed by atoms with van der Waals surface area (Å²) < 4.78 is 11.0. The molecule has 1 aromatic carbocycles. The summed E-state index contributed by atoms with van der Waals surface area (Å²) in [4.78, 5) is 11.9. The number of esters is 1. The number of terminal acetylenes is 1. The average molecular weight is 284 g/mol. The van der Waals surface area contributed by atoms with Gasteiger partial charge in [-0.3, -0.25) is 0 Å². The smallest absolute Gasteiger partial charge is 0.340 e. The Hall–Kier alpha value is -2.21. The van der Waals surface area contributed by atoms with Crippen molar-refractivity contribution < 1.29 is 14.3 Å². The minimum atomic E-state index is -0.946. The van der Waals surface area contributed by atoms with Crippen LogP contribution >= 0.6 is 0 Å². The van der Waals surface area contributed by atoms with E-state index >= 15 is 0 Å². The molecule has 110 valence electrons. The minimum absolute atomic E-state index is 0.128. The molecule has 3 heteroatoms. The van der Waals surface area contributed by atoms with Crippen molar-refractivity contribution in [1.82, 2.24) is 0 Å². The summed E-state index contributed by atoms with van der Waals surface area (Å²) in [5, 5.41) is 0. The summed E-state index contributed by atoms with van der Waals surface area (Å²) in [6.07, 6.45) is 6.15. The Morgan fingerprint density at radius 2 is 1.81 bits per heavy atom. The Labute approximate surface area is 126 Å². The first kappa shape index (κ1) is 15.2. The monoisotopic (exact) mass is 284 g/mol. The van der Waals surface area contributed by atoms with Crippen LogP contribution in [0.4, 0.5) is 0 Å². The van der Waals surface area contributed by atoms with Gasteiger partial charge in [0, 0.05) is 20.3 Å². The standard InChI is InChI=1S/C18H20O3/c1-6-14(15-9-7-12(2)8-10-15)11-16-13(3)17(19)21-18(4,5)20-16/h1,7-10,14H,11H2,2-5H3/t14-/m0/s1. The summed E-state index contributed by atoms with van der Waals surface area (Å²) in [5.41, 5.74) is 2.72. The van der Waals surface area contributed by atoms with Crippen LogP contribution in [0.25, 0.3) is 0 Å². The van der Waals surface area contributed by atoms with Crippen LogP contribution in [0.1, 0.15) is 44.2 Å². The number of rotatable bonds is 3. The molecule has 3 nitrogen and oxygen atoms in total. The van der Waals surface area contributed by atoms with Gasteiger partial charge >= 0.3 is 5.97 Å². The third-order valence-electron chi connectivity index (χ3n) is 3.50. The largest absolute Gasteiger partial charge is 0.457 e. The van der Waals surface area contributed by atoms with E-state index in [9.17, 15) is 4.79 Å². The van der Waals surface area contributed by atoms with Crippen LogP contribution in [-0.2, 0) is 14.3 Å². The van der Waals surface area contributed by atoms with Crippen LogP contribution in [0.5, 0.6) is 0 Å². The molecule has 0 spiro atoms. The number of benzene rings is 1. The molecule has 0 N–H and O–H groups in total. The molecule has 0 aromatic heterocycles. The molecule has 0 radical (unpaired) electrons. The van der Waals surface area contributed by atoms with Gasteiger partial charge in [-0.15, -0.1) is 6.42 Å². The first-order valence-corrected chi connectivity index (χ1v) is 6.97. The van der Waals surface area contributed by atoms with Gasteiger partial charge in [-0.25, -0.2) is 4.79 Å². The molecule has 0 aliphatic carbocycles. The van der Waals surface area contributed by atoms with Crippen molar-refractivity contribution in [3.05, 3.63) is 46.7 Å². The Morgan fingerprint density at radius 1 is 1.19 bits per heavy atom. The van der Waals surface area contributed by atoms with Crippen molar-refractivity contribution in [3.63, 3.8) is 0 Å². The van der Waals surface area contributed by atoms with E-state index in [0.717, 1.165) is 5.56 Å². The highest BCUT2D eigenvalue weighted by molar-refractivity contribution is 5.89. The predicted octanol–water partition coefficient (Wildman–Crippen LogP) is 3.69. The lowest BCUT2D eigenvalue weighted by molar-refractivity contribution is -0.208. The summed E-state index contributed by atoms with van der Waals surface area (Å²) >= 11 is 0. The molecule has 21 heavy (non-hydrogen) atoms. The van der Waals surface area contributed by atoms with Gasteiger partial charge in [-0.2, -0.15) is 0 Å². The lowest BCUT2D eigenvalue weighted by Gasteiger charge is -2.33. The summed E-state index contributed by atoms with van der Waals surface area (Å²) in [6, 6.07) is 8.09. The van der Waals surface area contributed by atoms with E-state index in [1.807, 2.05) is 31.2 Å². The Balaban J connectivity index is 2.26. The number of hydrogen-bond donors (Lipinski definition) is 0. The van der Waals surface area contributed by atoms with Crippen LogP contribution in [0.3, 0.4) is 0 Å². The van der Waals surface area contributed by atoms with E-state index in [-0.39, 0.29) is 11.9 Å². The summed E-state index contributed by atoms with van der Waals surface area (Å²) in [7, 11) is 0. The lowest BCUT2D eigenvalue weighted by atomic mass is 9.93. The van der Waals surface area contributed by atoms with Crippen molar-refractivity contribution in [2.45, 2.75) is 45.8 Å². The fraction of sp³-hybridized carbons (Fsp3) is 0.389. The van der Waals surface area contributed by atoms with E-state index in [2.05, 4.69) is 5.92 Å². The van der Waals surface area contributed by atoms with Crippen molar-refractivity contribution in [2.75, 3.05) is 0 Å². The van der Waals surface area contributed by atoms with Gasteiger partial charge in [0.2, 0.25) is 5.79 Å². The number of aryl methyl sites for hydroxylation is 1. The quantitative estimate of drug-likeness (QED) is 0.627. The Morgan fingerprint density at radius 3 is 2.38 bits per heavy atom. The average Bonchev–Trinajstić information content (AvgIpc) is 2.41. The van der Waals surface area contributed by atoms with Crippen LogP contribution in [-0.4, -0.2) is 11.8 Å². The predicted molar refractivity (Wildman–Crippen MR) is 81.3 cm³/mol. The van der Waals surface area contributed by atoms with Gasteiger partial charge in [-0.1, -0.05) is 35.7 Å². The van der Waals surface area contributed by atoms with Crippen LogP contribution in [0.15, 0.2) is 35.6 Å². The fourth-order valence-electron chi connectivity index (χ4n) is 2.26. The second-order valence-electron chi connectivity index (χ2n) is 5.77. The Kier molecular flexibility index (Phi) is 4.09. The maximum Gasteiger partial charge on any atom is 0.340 e. The van der Waals surface area contributed by atoms with Gasteiger partial charge in [-0.05, 0) is 19.4 Å². The molecule has 0 fully saturated rings. The SMILES string of the molecule is C#C[C@@H](CC1=C(C)C(=O)OC(C)(C)O1)c1ccc(C)cc1. The maximum atomic E-state index is 11.9. The zero-order chi connectivity index (χ0) is 15.6. The van der Waals surface area contributed by atoms with Crippen molar-refractivity contribution in [3.8, 4) is 12.3 Å². The van der Waals surface area contributed by atoms with Crippen molar-refractivity contribution in [2.24, 2.45) is 0 Å². The topological polar surface area (TPSA) is 35.5 Å². The third-order valence-corrected chi connectivity index (χ3v) is 3.50. The maximum absolute atomic E-state index is 11.9. The molecule has 0 bridgehead atoms. The van der Waals surface area contributed by atoms with Crippen LogP contribution in [0.2, 0.25) is 0 Å². The molecule has 2 rings (SSSR count). The van der Waals surface area contributed by atoms with E-state index in [0.29, 0.717) is 17.8 Å². The highest BCUT2D eigenvalue weighted by Crippen LogP contribution is 2.33. The van der Waals surface area contributed by atoms with Crippen molar-refractivity contribution in [1.29, 1.82) is 0 Å². The van der Waals surface area contributed by atoms with E-state index in [4.69, 9.17) is 15.9 Å². The number of carbonyl (C=O) groups is 1. The number of carbonyl (C=O) groups excluding carboxylic acids is 1. The van der Waals surface area contributed by atoms with Crippen LogP contribution < -0.4 is 0 Å². The molecule has 0 saturated heterocycles. The van der Waals surface area contributed by atoms with E-state index in [1.165, 1.54) is 5.56 Å². The molecule has 1 aliphatic rings. The number of hydrogen-bond acceptors (Lipinski definition) is 3. The summed E-state index contributed by atoms with van der Waals surface area (Å²) in [6.45, 7) is 7.17. The minimum Gasteiger partial charge on any atom is -0.457 e. The van der Waals surface area contributed by atoms with Crippen molar-refractivity contribution >= 4 is 5.97 Å². The molecule has 0 amide bonds. The zero-order valence-corrected chi connectivity index (χ0v) is 12.9. The second-order valence-corrected chi connectivity index (χ2v) is 5.77. The number of cyclic esters (lactones) is 1. The summed E-state index contributed by atoms with van der Waals surface area (Å²) in [5.74, 6) is 1.97. The first-order chi connectivity index (χ1) is 9.82. The second kappa shape index (κ2) is 5.65. The van der Waals surface area contributed by atoms with Gasteiger partial charge in [0.15, 0.2) is 0 Å². The van der Waals surface area contributed by atoms with Gasteiger partial charge in [0.25, 0.3) is 0 Å². The van der Waals surface area contributed by atoms with Gasteiger partial charge in [0.1, 0.15) is 5.76 Å². The molecular weight excluding hydrogens is 264 g/mol. The molecule has 1 atom stereocenters. The fourth-order valence-corrected chi connectivity index (χ4v) is 2.26.